The van der Waals surface area contributed by atoms with Gasteiger partial charge in [-0.15, -0.1) is 0 Å². The van der Waals surface area contributed by atoms with E-state index in [4.69, 9.17) is 0 Å². The molecule has 1 nitrogen and oxygen atoms in total. The minimum Gasteiger partial charge on any atom is -0.191 e. The second-order valence-electron chi connectivity index (χ2n) is 5.56. The van der Waals surface area contributed by atoms with Crippen molar-refractivity contribution in [2.24, 2.45) is 0 Å². The standard InChI is InChI=1S/C19H22N/c1-3-5-10-16-15-11-6-7-12-17(15)19-13-8-9-14-20(19)18(16)4-2/h4,6-9,11-14,16,18H,2-3,5,10H2,1H3/q+1. The molecule has 0 fully saturated rings. The molecule has 1 aromatic carbocycles. The third-order valence-electron chi connectivity index (χ3n) is 4.37. The number of hydrogen-bond donors (Lipinski definition) is 0. The van der Waals surface area contributed by atoms with Crippen LogP contribution in [0.4, 0.5) is 0 Å². The Bertz CT molecular complexity index is 615. The molecule has 1 aliphatic heterocycles. The summed E-state index contributed by atoms with van der Waals surface area (Å²) in [5.41, 5.74) is 4.17. The minimum absolute atomic E-state index is 0.368. The number of aromatic nitrogens is 1. The Balaban J connectivity index is 2.16. The molecule has 2 atom stereocenters. The summed E-state index contributed by atoms with van der Waals surface area (Å²) in [5.74, 6) is 0.545. The van der Waals surface area contributed by atoms with Gasteiger partial charge in [-0.3, -0.25) is 0 Å². The lowest BCUT2D eigenvalue weighted by atomic mass is 9.80. The highest BCUT2D eigenvalue weighted by Crippen LogP contribution is 2.40. The van der Waals surface area contributed by atoms with Crippen LogP contribution in [0.2, 0.25) is 0 Å². The Labute approximate surface area is 121 Å². The molecule has 0 saturated heterocycles. The smallest absolute Gasteiger partial charge is 0.191 e. The second-order valence-corrected chi connectivity index (χ2v) is 5.56. The fourth-order valence-electron chi connectivity index (χ4n) is 3.40. The van der Waals surface area contributed by atoms with Gasteiger partial charge in [0.2, 0.25) is 5.69 Å². The molecule has 0 spiro atoms. The maximum atomic E-state index is 4.09. The zero-order valence-electron chi connectivity index (χ0n) is 12.1. The predicted octanol–water partition coefficient (Wildman–Crippen LogP) is 4.66. The van der Waals surface area contributed by atoms with E-state index in [2.05, 4.69) is 72.8 Å². The number of hydrogen-bond acceptors (Lipinski definition) is 0. The average Bonchev–Trinajstić information content (AvgIpc) is 2.52. The van der Waals surface area contributed by atoms with E-state index in [1.54, 1.807) is 0 Å². The Morgan fingerprint density at radius 1 is 1.15 bits per heavy atom. The van der Waals surface area contributed by atoms with Gasteiger partial charge in [0, 0.05) is 17.7 Å². The molecule has 102 valence electrons. The number of pyridine rings is 1. The van der Waals surface area contributed by atoms with Crippen molar-refractivity contribution in [3.8, 4) is 11.3 Å². The van der Waals surface area contributed by atoms with Gasteiger partial charge in [0.1, 0.15) is 0 Å². The minimum atomic E-state index is 0.368. The van der Waals surface area contributed by atoms with Crippen LogP contribution in [0.5, 0.6) is 0 Å². The first-order valence-corrected chi connectivity index (χ1v) is 7.58. The highest BCUT2D eigenvalue weighted by atomic mass is 15.0. The van der Waals surface area contributed by atoms with Gasteiger partial charge >= 0.3 is 0 Å². The highest BCUT2D eigenvalue weighted by Gasteiger charge is 2.37. The summed E-state index contributed by atoms with van der Waals surface area (Å²) in [4.78, 5) is 0. The molecule has 0 aliphatic carbocycles. The monoisotopic (exact) mass is 264 g/mol. The summed E-state index contributed by atoms with van der Waals surface area (Å²) >= 11 is 0. The summed E-state index contributed by atoms with van der Waals surface area (Å²) < 4.78 is 2.38. The zero-order valence-corrected chi connectivity index (χ0v) is 12.1. The van der Waals surface area contributed by atoms with Gasteiger partial charge in [0.25, 0.3) is 0 Å². The first kappa shape index (κ1) is 13.1. The SMILES string of the molecule is C=CC1C(CCCC)c2ccccc2-c2cccc[n+]21. The molecular formula is C19H22N+. The van der Waals surface area contributed by atoms with Crippen LogP contribution >= 0.6 is 0 Å². The molecule has 0 amide bonds. The maximum absolute atomic E-state index is 4.09. The lowest BCUT2D eigenvalue weighted by Gasteiger charge is -2.28. The molecule has 2 unspecified atom stereocenters. The number of benzene rings is 1. The first-order chi connectivity index (χ1) is 9.86. The van der Waals surface area contributed by atoms with E-state index in [0.717, 1.165) is 0 Å². The highest BCUT2D eigenvalue weighted by molar-refractivity contribution is 5.63. The van der Waals surface area contributed by atoms with Crippen LogP contribution in [0, 0.1) is 0 Å². The number of fused-ring (bicyclic) bond motifs is 3. The van der Waals surface area contributed by atoms with E-state index in [-0.39, 0.29) is 0 Å². The van der Waals surface area contributed by atoms with Gasteiger partial charge in [0.15, 0.2) is 12.2 Å². The van der Waals surface area contributed by atoms with E-state index in [1.807, 2.05) is 0 Å². The Morgan fingerprint density at radius 3 is 2.75 bits per heavy atom. The molecule has 20 heavy (non-hydrogen) atoms. The van der Waals surface area contributed by atoms with Gasteiger partial charge in [-0.25, -0.2) is 0 Å². The molecule has 0 saturated carbocycles. The molecular weight excluding hydrogens is 242 g/mol. The Kier molecular flexibility index (Phi) is 3.68. The van der Waals surface area contributed by atoms with Crippen LogP contribution in [0.3, 0.4) is 0 Å². The second kappa shape index (κ2) is 5.62. The molecule has 0 N–H and O–H groups in total. The normalized spacial score (nSPS) is 20.1. The summed E-state index contributed by atoms with van der Waals surface area (Å²) in [6.07, 6.45) is 8.04. The third kappa shape index (κ3) is 2.07. The predicted molar refractivity (Wildman–Crippen MR) is 83.6 cm³/mol. The summed E-state index contributed by atoms with van der Waals surface area (Å²) in [6.45, 7) is 6.36. The van der Waals surface area contributed by atoms with Crippen LogP contribution in [0.1, 0.15) is 43.7 Å². The largest absolute Gasteiger partial charge is 0.213 e. The molecule has 1 aromatic heterocycles. The van der Waals surface area contributed by atoms with E-state index in [0.29, 0.717) is 12.0 Å². The molecule has 2 heterocycles. The van der Waals surface area contributed by atoms with E-state index < -0.39 is 0 Å². The first-order valence-electron chi connectivity index (χ1n) is 7.58. The fourth-order valence-corrected chi connectivity index (χ4v) is 3.40. The molecule has 0 bridgehead atoms. The average molecular weight is 264 g/mol. The van der Waals surface area contributed by atoms with Crippen LogP contribution in [-0.4, -0.2) is 0 Å². The van der Waals surface area contributed by atoms with Crippen LogP contribution in [0.15, 0.2) is 61.3 Å². The number of allylic oxidation sites excluding steroid dienone is 1. The van der Waals surface area contributed by atoms with Crippen molar-refractivity contribution in [1.29, 1.82) is 0 Å². The number of nitrogens with zero attached hydrogens (tertiary/aromatic N) is 1. The summed E-state index contributed by atoms with van der Waals surface area (Å²) in [6, 6.07) is 15.7. The van der Waals surface area contributed by atoms with Crippen LogP contribution in [0.25, 0.3) is 11.3 Å². The lowest BCUT2D eigenvalue weighted by Crippen LogP contribution is -2.46. The topological polar surface area (TPSA) is 3.88 Å². The van der Waals surface area contributed by atoms with Crippen molar-refractivity contribution >= 4 is 0 Å². The van der Waals surface area contributed by atoms with Gasteiger partial charge < -0.3 is 0 Å². The van der Waals surface area contributed by atoms with Crippen molar-refractivity contribution in [2.45, 2.75) is 38.1 Å². The van der Waals surface area contributed by atoms with Crippen molar-refractivity contribution in [2.75, 3.05) is 0 Å². The van der Waals surface area contributed by atoms with Crippen molar-refractivity contribution in [3.63, 3.8) is 0 Å². The van der Waals surface area contributed by atoms with Crippen LogP contribution < -0.4 is 4.57 Å². The molecule has 0 radical (unpaired) electrons. The molecule has 1 aliphatic rings. The lowest BCUT2D eigenvalue weighted by molar-refractivity contribution is -0.707. The summed E-state index contributed by atoms with van der Waals surface area (Å²) in [7, 11) is 0. The quantitative estimate of drug-likeness (QED) is 0.559. The summed E-state index contributed by atoms with van der Waals surface area (Å²) in [5, 5.41) is 0. The maximum Gasteiger partial charge on any atom is 0.213 e. The van der Waals surface area contributed by atoms with Crippen molar-refractivity contribution < 1.29 is 4.57 Å². The Morgan fingerprint density at radius 2 is 1.95 bits per heavy atom. The van der Waals surface area contributed by atoms with E-state index in [1.165, 1.54) is 36.1 Å². The number of unbranched alkanes of at least 4 members (excludes halogenated alkanes) is 1. The molecule has 2 aromatic rings. The molecule has 1 heteroatoms. The number of rotatable bonds is 4. The third-order valence-corrected chi connectivity index (χ3v) is 4.37. The molecule has 3 rings (SSSR count). The Hall–Kier alpha value is -1.89. The van der Waals surface area contributed by atoms with Gasteiger partial charge in [-0.1, -0.05) is 44.5 Å². The van der Waals surface area contributed by atoms with Gasteiger partial charge in [-0.2, -0.15) is 4.57 Å². The van der Waals surface area contributed by atoms with Crippen molar-refractivity contribution in [1.82, 2.24) is 0 Å². The van der Waals surface area contributed by atoms with Crippen LogP contribution in [-0.2, 0) is 0 Å². The van der Waals surface area contributed by atoms with E-state index in [9.17, 15) is 0 Å². The fraction of sp³-hybridized carbons (Fsp3) is 0.316. The van der Waals surface area contributed by atoms with Gasteiger partial charge in [0.05, 0.1) is 5.92 Å². The van der Waals surface area contributed by atoms with E-state index >= 15 is 0 Å². The zero-order chi connectivity index (χ0) is 13.9. The van der Waals surface area contributed by atoms with Crippen molar-refractivity contribution in [3.05, 3.63) is 66.9 Å². The van der Waals surface area contributed by atoms with Gasteiger partial charge in [-0.05, 0) is 30.2 Å².